The van der Waals surface area contributed by atoms with Gasteiger partial charge < -0.3 is 28.4 Å². The molecule has 0 bridgehead atoms. The van der Waals surface area contributed by atoms with Gasteiger partial charge in [0.05, 0.1) is 35.5 Å². The van der Waals surface area contributed by atoms with E-state index in [1.807, 2.05) is 6.92 Å². The topological polar surface area (TPSA) is 124 Å². The van der Waals surface area contributed by atoms with Crippen LogP contribution in [0.1, 0.15) is 248 Å². The molecule has 5 aromatic carbocycles. The van der Waals surface area contributed by atoms with Crippen molar-refractivity contribution in [3.63, 3.8) is 0 Å². The third-order valence-corrected chi connectivity index (χ3v) is 14.2. The molecule has 0 saturated heterocycles. The molecule has 0 heterocycles. The van der Waals surface area contributed by atoms with E-state index in [0.29, 0.717) is 36.7 Å². The standard InChI is InChI=1S/C68H90O10/c1-4-7-9-11-13-15-17-19-21-23-25-27-29-31-52-73-58-44-48-60(49-45-58)75-65(69)54-36-40-56(41-37-54)67(71)77-63-34-33-35-64(62(63)6-3)78-68(72)57-42-38-55(39-43-57)66(70)76-61-50-46-59(47-51-61)74-53-32-30-28-26-24-22-20-18-16-14-12-10-8-5-2/h33-51H,4-32,52-53H2,1-3H3. The Bertz CT molecular complexity index is 2280. The van der Waals surface area contributed by atoms with E-state index in [9.17, 15) is 19.2 Å². The molecule has 10 heteroatoms. The predicted octanol–water partition coefficient (Wildman–Crippen LogP) is 18.8. The van der Waals surface area contributed by atoms with E-state index in [0.717, 1.165) is 37.2 Å². The third kappa shape index (κ3) is 24.5. The second-order valence-electron chi connectivity index (χ2n) is 20.6. The number of esters is 4. The van der Waals surface area contributed by atoms with E-state index < -0.39 is 23.9 Å². The predicted molar refractivity (Wildman–Crippen MR) is 313 cm³/mol. The Kier molecular flexibility index (Phi) is 30.6. The number of hydrogen-bond donors (Lipinski definition) is 0. The molecule has 0 unspecified atom stereocenters. The summed E-state index contributed by atoms with van der Waals surface area (Å²) in [4.78, 5) is 52.6. The molecule has 0 saturated carbocycles. The molecule has 0 spiro atoms. The Morgan fingerprint density at radius 1 is 0.282 bits per heavy atom. The van der Waals surface area contributed by atoms with Gasteiger partial charge in [0.2, 0.25) is 0 Å². The van der Waals surface area contributed by atoms with Gasteiger partial charge in [0.15, 0.2) is 0 Å². The molecule has 0 N–H and O–H groups in total. The average Bonchev–Trinajstić information content (AvgIpc) is 3.46. The fraction of sp³-hybridized carbons (Fsp3) is 0.500. The summed E-state index contributed by atoms with van der Waals surface area (Å²) in [6, 6.07) is 30.9. The van der Waals surface area contributed by atoms with Gasteiger partial charge in [0.25, 0.3) is 0 Å². The number of unbranched alkanes of at least 4 members (excludes halogenated alkanes) is 26. The van der Waals surface area contributed by atoms with Gasteiger partial charge in [-0.2, -0.15) is 0 Å². The van der Waals surface area contributed by atoms with Crippen LogP contribution >= 0.6 is 0 Å². The maximum atomic E-state index is 13.3. The molecule has 5 rings (SSSR count). The van der Waals surface area contributed by atoms with Gasteiger partial charge in [0, 0.05) is 5.56 Å². The lowest BCUT2D eigenvalue weighted by Crippen LogP contribution is -2.14. The normalized spacial score (nSPS) is 11.0. The fourth-order valence-electron chi connectivity index (χ4n) is 9.40. The highest BCUT2D eigenvalue weighted by Crippen LogP contribution is 2.31. The summed E-state index contributed by atoms with van der Waals surface area (Å²) in [5.74, 6) is 0.220. The van der Waals surface area contributed by atoms with Crippen LogP contribution in [0.5, 0.6) is 34.5 Å². The van der Waals surface area contributed by atoms with Crippen molar-refractivity contribution in [3.8, 4) is 34.5 Å². The summed E-state index contributed by atoms with van der Waals surface area (Å²) < 4.78 is 34.6. The first kappa shape index (κ1) is 62.4. The van der Waals surface area contributed by atoms with E-state index in [2.05, 4.69) is 13.8 Å². The van der Waals surface area contributed by atoms with Crippen molar-refractivity contribution in [2.24, 2.45) is 0 Å². The monoisotopic (exact) mass is 1070 g/mol. The zero-order valence-corrected chi connectivity index (χ0v) is 47.5. The van der Waals surface area contributed by atoms with Crippen molar-refractivity contribution < 1.29 is 47.6 Å². The first-order chi connectivity index (χ1) is 38.3. The minimum atomic E-state index is -0.653. The van der Waals surface area contributed by atoms with E-state index in [4.69, 9.17) is 28.4 Å². The molecule has 0 aliphatic heterocycles. The minimum Gasteiger partial charge on any atom is -0.494 e. The minimum absolute atomic E-state index is 0.214. The SMILES string of the molecule is CCCCCCCCCCCCCCCCOc1ccc(OC(=O)c2ccc(C(=O)Oc3cccc(OC(=O)c4ccc(C(=O)Oc5ccc(OCCCCCCCCCCCCCCCC)cc5)cc4)c3CC)cc2)cc1. The summed E-state index contributed by atoms with van der Waals surface area (Å²) in [6.45, 7) is 7.69. The lowest BCUT2D eigenvalue weighted by molar-refractivity contribution is 0.0712. The van der Waals surface area contributed by atoms with E-state index in [1.54, 1.807) is 66.7 Å². The molecule has 0 radical (unpaired) electrons. The summed E-state index contributed by atoms with van der Waals surface area (Å²) in [6.07, 6.45) is 37.1. The van der Waals surface area contributed by atoms with Crippen molar-refractivity contribution in [1.29, 1.82) is 0 Å². The highest BCUT2D eigenvalue weighted by molar-refractivity contribution is 5.96. The summed E-state index contributed by atoms with van der Waals surface area (Å²) in [5, 5.41) is 0. The Balaban J connectivity index is 0.958. The van der Waals surface area contributed by atoms with E-state index >= 15 is 0 Å². The second kappa shape index (κ2) is 38.2. The summed E-state index contributed by atoms with van der Waals surface area (Å²) in [5.41, 5.74) is 1.47. The van der Waals surface area contributed by atoms with E-state index in [-0.39, 0.29) is 33.8 Å². The van der Waals surface area contributed by atoms with E-state index in [1.165, 1.54) is 203 Å². The zero-order chi connectivity index (χ0) is 55.3. The molecular weight excluding hydrogens is 977 g/mol. The lowest BCUT2D eigenvalue weighted by Gasteiger charge is -2.14. The molecule has 0 amide bonds. The molecule has 0 aliphatic rings. The maximum Gasteiger partial charge on any atom is 0.343 e. The largest absolute Gasteiger partial charge is 0.494 e. The number of carbonyl (C=O) groups excluding carboxylic acids is 4. The molecule has 78 heavy (non-hydrogen) atoms. The first-order valence-electron chi connectivity index (χ1n) is 29.9. The van der Waals surface area contributed by atoms with Gasteiger partial charge in [-0.3, -0.25) is 0 Å². The van der Waals surface area contributed by atoms with Crippen LogP contribution in [0, 0.1) is 0 Å². The van der Waals surface area contributed by atoms with Crippen LogP contribution in [0.2, 0.25) is 0 Å². The lowest BCUT2D eigenvalue weighted by atomic mass is 10.0. The van der Waals surface area contributed by atoms with Gasteiger partial charge in [-0.15, -0.1) is 0 Å². The first-order valence-corrected chi connectivity index (χ1v) is 29.9. The van der Waals surface area contributed by atoms with Gasteiger partial charge in [-0.1, -0.05) is 194 Å². The molecule has 422 valence electrons. The van der Waals surface area contributed by atoms with Crippen LogP contribution in [-0.4, -0.2) is 37.1 Å². The molecule has 0 atom stereocenters. The highest BCUT2D eigenvalue weighted by Gasteiger charge is 2.19. The average molecular weight is 1070 g/mol. The van der Waals surface area contributed by atoms with Crippen LogP contribution in [-0.2, 0) is 6.42 Å². The summed E-state index contributed by atoms with van der Waals surface area (Å²) >= 11 is 0. The van der Waals surface area contributed by atoms with Crippen LogP contribution < -0.4 is 28.4 Å². The Morgan fingerprint density at radius 2 is 0.526 bits per heavy atom. The smallest absolute Gasteiger partial charge is 0.343 e. The van der Waals surface area contributed by atoms with Gasteiger partial charge in [0.1, 0.15) is 34.5 Å². The van der Waals surface area contributed by atoms with Crippen LogP contribution in [0.25, 0.3) is 0 Å². The number of ether oxygens (including phenoxy) is 6. The quantitative estimate of drug-likeness (QED) is 0.0212. The van der Waals surface area contributed by atoms with Crippen molar-refractivity contribution in [2.75, 3.05) is 13.2 Å². The van der Waals surface area contributed by atoms with Gasteiger partial charge >= 0.3 is 23.9 Å². The number of hydrogen-bond acceptors (Lipinski definition) is 10. The molecule has 5 aromatic rings. The van der Waals surface area contributed by atoms with Crippen LogP contribution in [0.4, 0.5) is 0 Å². The fourth-order valence-corrected chi connectivity index (χ4v) is 9.40. The van der Waals surface area contributed by atoms with Crippen LogP contribution in [0.3, 0.4) is 0 Å². The molecule has 0 aliphatic carbocycles. The molecule has 10 nitrogen and oxygen atoms in total. The molecular formula is C68H90O10. The Hall–Kier alpha value is -6.42. The molecule has 0 fully saturated rings. The number of carbonyl (C=O) groups is 4. The van der Waals surface area contributed by atoms with Crippen LogP contribution in [0.15, 0.2) is 115 Å². The van der Waals surface area contributed by atoms with Gasteiger partial charge in [-0.05, 0) is 128 Å². The number of benzene rings is 5. The van der Waals surface area contributed by atoms with Crippen molar-refractivity contribution >= 4 is 23.9 Å². The third-order valence-electron chi connectivity index (χ3n) is 14.2. The highest BCUT2D eigenvalue weighted by atomic mass is 16.6. The van der Waals surface area contributed by atoms with Crippen molar-refractivity contribution in [3.05, 3.63) is 143 Å². The Labute approximate surface area is 467 Å². The molecule has 0 aromatic heterocycles. The maximum absolute atomic E-state index is 13.3. The zero-order valence-electron chi connectivity index (χ0n) is 47.5. The Morgan fingerprint density at radius 3 is 0.795 bits per heavy atom. The van der Waals surface area contributed by atoms with Gasteiger partial charge in [-0.25, -0.2) is 19.2 Å². The number of rotatable bonds is 41. The van der Waals surface area contributed by atoms with Crippen molar-refractivity contribution in [2.45, 2.75) is 207 Å². The van der Waals surface area contributed by atoms with Crippen molar-refractivity contribution in [1.82, 2.24) is 0 Å². The summed E-state index contributed by atoms with van der Waals surface area (Å²) in [7, 11) is 0. The second-order valence-corrected chi connectivity index (χ2v) is 20.6.